The zero-order valence-corrected chi connectivity index (χ0v) is 20.6. The number of rotatable bonds is 4. The van der Waals surface area contributed by atoms with E-state index in [-0.39, 0.29) is 16.9 Å². The van der Waals surface area contributed by atoms with Gasteiger partial charge in [0.1, 0.15) is 0 Å². The average Bonchev–Trinajstić information content (AvgIpc) is 3.02. The van der Waals surface area contributed by atoms with Crippen molar-refractivity contribution in [2.24, 2.45) is 44.9 Å². The molecule has 0 amide bonds. The first-order valence-corrected chi connectivity index (χ1v) is 12.6. The van der Waals surface area contributed by atoms with Gasteiger partial charge in [-0.3, -0.25) is 4.99 Å². The summed E-state index contributed by atoms with van der Waals surface area (Å²) >= 11 is 0. The molecule has 30 heavy (non-hydrogen) atoms. The van der Waals surface area contributed by atoms with Crippen LogP contribution in [0.1, 0.15) is 93.4 Å². The molecule has 0 bridgehead atoms. The monoisotopic (exact) mass is 411 g/mol. The van der Waals surface area contributed by atoms with Crippen LogP contribution >= 0.6 is 0 Å². The van der Waals surface area contributed by atoms with E-state index < -0.39 is 0 Å². The minimum Gasteiger partial charge on any atom is -0.393 e. The molecule has 168 valence electrons. The summed E-state index contributed by atoms with van der Waals surface area (Å²) in [6, 6.07) is 0. The molecule has 0 radical (unpaired) electrons. The van der Waals surface area contributed by atoms with Gasteiger partial charge in [0, 0.05) is 12.8 Å². The van der Waals surface area contributed by atoms with Crippen LogP contribution < -0.4 is 0 Å². The Morgan fingerprint density at radius 2 is 1.80 bits per heavy atom. The quantitative estimate of drug-likeness (QED) is 0.497. The van der Waals surface area contributed by atoms with Gasteiger partial charge in [0.25, 0.3) is 0 Å². The Kier molecular flexibility index (Phi) is 5.66. The summed E-state index contributed by atoms with van der Waals surface area (Å²) in [7, 11) is 0. The summed E-state index contributed by atoms with van der Waals surface area (Å²) in [5.41, 5.74) is 5.85. The third-order valence-corrected chi connectivity index (χ3v) is 9.91. The van der Waals surface area contributed by atoms with E-state index in [1.165, 1.54) is 32.1 Å². The summed E-state index contributed by atoms with van der Waals surface area (Å²) < 4.78 is 0. The second-order valence-corrected chi connectivity index (χ2v) is 12.5. The molecule has 0 aromatic heterocycles. The molecule has 4 aliphatic carbocycles. The third kappa shape index (κ3) is 3.28. The Morgan fingerprint density at radius 3 is 2.50 bits per heavy atom. The van der Waals surface area contributed by atoms with Gasteiger partial charge in [0.05, 0.1) is 6.10 Å². The first-order chi connectivity index (χ1) is 14.0. The highest BCUT2D eigenvalue weighted by Crippen LogP contribution is 2.66. The number of aliphatic imine (C=N–C) groups is 1. The van der Waals surface area contributed by atoms with E-state index in [0.29, 0.717) is 23.2 Å². The van der Waals surface area contributed by atoms with Crippen molar-refractivity contribution in [3.05, 3.63) is 22.8 Å². The standard InChI is InChI=1S/C28H45NO/c1-18(2)16-29-17-19(3)21-9-10-22-20-8-11-24-26(4,5)25(30)13-15-28(24,7)23(20)12-14-27(21,22)6/h10,16,18-19,21,24-25,30H,8-9,11-15,17H2,1-7H3/t19-,21-,24?,25?,27-,28-/m1/s1. The third-order valence-electron chi connectivity index (χ3n) is 9.91. The van der Waals surface area contributed by atoms with Gasteiger partial charge < -0.3 is 5.11 Å². The molecule has 1 N–H and O–H groups in total. The molecule has 1 saturated carbocycles. The lowest BCUT2D eigenvalue weighted by molar-refractivity contribution is -0.0905. The number of nitrogens with zero attached hydrogens (tertiary/aromatic N) is 1. The maximum absolute atomic E-state index is 10.7. The minimum absolute atomic E-state index is 0.0296. The summed E-state index contributed by atoms with van der Waals surface area (Å²) in [6.45, 7) is 17.6. The second-order valence-electron chi connectivity index (χ2n) is 12.5. The molecule has 0 heterocycles. The molecule has 2 heteroatoms. The molecule has 0 aromatic rings. The van der Waals surface area contributed by atoms with E-state index in [1.54, 1.807) is 16.7 Å². The van der Waals surface area contributed by atoms with Gasteiger partial charge in [0.15, 0.2) is 0 Å². The van der Waals surface area contributed by atoms with Gasteiger partial charge in [-0.05, 0) is 96.0 Å². The Labute approximate surface area is 185 Å². The predicted molar refractivity (Wildman–Crippen MR) is 128 cm³/mol. The van der Waals surface area contributed by atoms with Crippen molar-refractivity contribution in [1.29, 1.82) is 0 Å². The van der Waals surface area contributed by atoms with Gasteiger partial charge in [0.2, 0.25) is 0 Å². The summed E-state index contributed by atoms with van der Waals surface area (Å²) in [4.78, 5) is 4.77. The van der Waals surface area contributed by atoms with Crippen LogP contribution in [0.5, 0.6) is 0 Å². The maximum Gasteiger partial charge on any atom is 0.0594 e. The normalized spacial score (nSPS) is 41.5. The number of hydrogen-bond donors (Lipinski definition) is 1. The molecule has 2 nitrogen and oxygen atoms in total. The lowest BCUT2D eigenvalue weighted by Gasteiger charge is -2.59. The lowest BCUT2D eigenvalue weighted by Crippen LogP contribution is -2.53. The van der Waals surface area contributed by atoms with Gasteiger partial charge in [-0.15, -0.1) is 0 Å². The smallest absolute Gasteiger partial charge is 0.0594 e. The molecular formula is C28H45NO. The highest BCUT2D eigenvalue weighted by atomic mass is 16.3. The van der Waals surface area contributed by atoms with Crippen molar-refractivity contribution in [3.8, 4) is 0 Å². The highest BCUT2D eigenvalue weighted by molar-refractivity contribution is 5.59. The molecule has 4 aliphatic rings. The molecule has 0 aromatic carbocycles. The zero-order chi connectivity index (χ0) is 21.9. The first kappa shape index (κ1) is 22.3. The number of allylic oxidation sites excluding steroid dienone is 4. The van der Waals surface area contributed by atoms with Crippen molar-refractivity contribution in [3.63, 3.8) is 0 Å². The van der Waals surface area contributed by atoms with Gasteiger partial charge >= 0.3 is 0 Å². The van der Waals surface area contributed by atoms with E-state index in [0.717, 1.165) is 25.3 Å². The largest absolute Gasteiger partial charge is 0.393 e. The van der Waals surface area contributed by atoms with Crippen molar-refractivity contribution >= 4 is 6.21 Å². The topological polar surface area (TPSA) is 32.6 Å². The molecule has 1 fully saturated rings. The van der Waals surface area contributed by atoms with Crippen molar-refractivity contribution in [2.45, 2.75) is 99.5 Å². The molecule has 0 aliphatic heterocycles. The Morgan fingerprint density at radius 1 is 1.07 bits per heavy atom. The van der Waals surface area contributed by atoms with Gasteiger partial charge in [-0.2, -0.15) is 0 Å². The number of hydrogen-bond acceptors (Lipinski definition) is 2. The SMILES string of the molecule is CC(C)C=NC[C@@H](C)[C@H]1CC=C2C3=C(CC[C@@]21C)[C@@]1(C)CCC(O)C(C)(C)C1CC3. The molecular weight excluding hydrogens is 366 g/mol. The van der Waals surface area contributed by atoms with E-state index in [2.05, 4.69) is 60.8 Å². The van der Waals surface area contributed by atoms with E-state index >= 15 is 0 Å². The first-order valence-electron chi connectivity index (χ1n) is 12.6. The Bertz CT molecular complexity index is 772. The number of aliphatic hydroxyl groups is 1. The van der Waals surface area contributed by atoms with Crippen LogP contribution in [0.4, 0.5) is 0 Å². The van der Waals surface area contributed by atoms with Crippen molar-refractivity contribution in [2.75, 3.05) is 6.54 Å². The van der Waals surface area contributed by atoms with Crippen LogP contribution in [-0.2, 0) is 0 Å². The Hall–Kier alpha value is -0.890. The highest BCUT2D eigenvalue weighted by Gasteiger charge is 2.57. The lowest BCUT2D eigenvalue weighted by atomic mass is 9.46. The number of fused-ring (bicyclic) bond motifs is 4. The maximum atomic E-state index is 10.7. The van der Waals surface area contributed by atoms with Crippen LogP contribution in [0, 0.1) is 39.9 Å². The van der Waals surface area contributed by atoms with E-state index in [9.17, 15) is 5.11 Å². The summed E-state index contributed by atoms with van der Waals surface area (Å²) in [5.74, 6) is 2.51. The van der Waals surface area contributed by atoms with Gasteiger partial charge in [-0.25, -0.2) is 0 Å². The second kappa shape index (κ2) is 7.61. The predicted octanol–water partition coefficient (Wildman–Crippen LogP) is 6.99. The molecule has 4 rings (SSSR count). The van der Waals surface area contributed by atoms with Crippen molar-refractivity contribution in [1.82, 2.24) is 0 Å². The molecule has 2 unspecified atom stereocenters. The van der Waals surface area contributed by atoms with Crippen LogP contribution in [0.25, 0.3) is 0 Å². The van der Waals surface area contributed by atoms with Crippen LogP contribution in [-0.4, -0.2) is 24.0 Å². The summed E-state index contributed by atoms with van der Waals surface area (Å²) in [6.07, 6.45) is 13.0. The van der Waals surface area contributed by atoms with E-state index in [1.807, 2.05) is 0 Å². The minimum atomic E-state index is -0.145. The van der Waals surface area contributed by atoms with Crippen LogP contribution in [0.2, 0.25) is 0 Å². The van der Waals surface area contributed by atoms with Crippen LogP contribution in [0.15, 0.2) is 27.8 Å². The molecule has 0 saturated heterocycles. The zero-order valence-electron chi connectivity index (χ0n) is 20.6. The fourth-order valence-electron chi connectivity index (χ4n) is 8.14. The molecule has 0 spiro atoms. The number of aliphatic hydroxyl groups excluding tert-OH is 1. The van der Waals surface area contributed by atoms with Crippen LogP contribution in [0.3, 0.4) is 0 Å². The fourth-order valence-corrected chi connectivity index (χ4v) is 8.14. The Balaban J connectivity index is 1.61. The van der Waals surface area contributed by atoms with E-state index in [4.69, 9.17) is 4.99 Å². The van der Waals surface area contributed by atoms with Crippen molar-refractivity contribution < 1.29 is 5.11 Å². The molecule has 6 atom stereocenters. The fraction of sp³-hybridized carbons (Fsp3) is 0.821. The van der Waals surface area contributed by atoms with Gasteiger partial charge in [-0.1, -0.05) is 60.1 Å². The average molecular weight is 412 g/mol. The summed E-state index contributed by atoms with van der Waals surface area (Å²) in [5, 5.41) is 10.7.